The summed E-state index contributed by atoms with van der Waals surface area (Å²) in [7, 11) is 1.23. The smallest absolute Gasteiger partial charge is 0.307 e. The SMILES string of the molecule is CN(O)C(=O)C1C2C=CC(C2)C1C(=O)O. The first-order valence-corrected chi connectivity index (χ1v) is 4.90. The maximum Gasteiger partial charge on any atom is 0.307 e. The number of carboxylic acids is 1. The molecule has 0 heterocycles. The van der Waals surface area contributed by atoms with Gasteiger partial charge in [-0.15, -0.1) is 0 Å². The van der Waals surface area contributed by atoms with Crippen molar-refractivity contribution >= 4 is 11.9 Å². The number of hydrogen-bond acceptors (Lipinski definition) is 3. The first-order valence-electron chi connectivity index (χ1n) is 4.90. The van der Waals surface area contributed by atoms with Gasteiger partial charge in [0.05, 0.1) is 11.8 Å². The number of hydrogen-bond donors (Lipinski definition) is 2. The Hall–Kier alpha value is -1.36. The summed E-state index contributed by atoms with van der Waals surface area (Å²) in [5.41, 5.74) is 0. The van der Waals surface area contributed by atoms with Crippen LogP contribution in [0.2, 0.25) is 0 Å². The number of carbonyl (C=O) groups excluding carboxylic acids is 1. The molecule has 1 fully saturated rings. The van der Waals surface area contributed by atoms with Crippen molar-refractivity contribution in [2.24, 2.45) is 23.7 Å². The molecule has 5 nitrogen and oxygen atoms in total. The fraction of sp³-hybridized carbons (Fsp3) is 0.600. The Labute approximate surface area is 86.9 Å². The van der Waals surface area contributed by atoms with Crippen LogP contribution in [0.4, 0.5) is 0 Å². The van der Waals surface area contributed by atoms with Gasteiger partial charge in [0.15, 0.2) is 0 Å². The van der Waals surface area contributed by atoms with Gasteiger partial charge in [-0.2, -0.15) is 0 Å². The second-order valence-electron chi connectivity index (χ2n) is 4.20. The summed E-state index contributed by atoms with van der Waals surface area (Å²) >= 11 is 0. The summed E-state index contributed by atoms with van der Waals surface area (Å²) in [5.74, 6) is -2.82. The Morgan fingerprint density at radius 1 is 1.27 bits per heavy atom. The van der Waals surface area contributed by atoms with Gasteiger partial charge in [-0.3, -0.25) is 14.8 Å². The lowest BCUT2D eigenvalue weighted by molar-refractivity contribution is -0.170. The first-order chi connectivity index (χ1) is 7.02. The Kier molecular flexibility index (Phi) is 2.26. The highest BCUT2D eigenvalue weighted by molar-refractivity contribution is 5.86. The number of aliphatic carboxylic acids is 1. The summed E-state index contributed by atoms with van der Waals surface area (Å²) in [6.45, 7) is 0. The second kappa shape index (κ2) is 3.34. The maximum absolute atomic E-state index is 11.6. The van der Waals surface area contributed by atoms with E-state index < -0.39 is 23.7 Å². The van der Waals surface area contributed by atoms with Crippen LogP contribution in [0.25, 0.3) is 0 Å². The van der Waals surface area contributed by atoms with Crippen molar-refractivity contribution in [3.8, 4) is 0 Å². The molecule has 4 atom stereocenters. The molecule has 5 heteroatoms. The van der Waals surface area contributed by atoms with Crippen LogP contribution in [-0.4, -0.2) is 34.3 Å². The van der Waals surface area contributed by atoms with Crippen molar-refractivity contribution in [2.45, 2.75) is 6.42 Å². The Bertz CT molecular complexity index is 336. The Morgan fingerprint density at radius 2 is 1.80 bits per heavy atom. The molecule has 1 amide bonds. The van der Waals surface area contributed by atoms with Gasteiger partial charge in [0.25, 0.3) is 0 Å². The molecule has 0 aliphatic heterocycles. The fourth-order valence-electron chi connectivity index (χ4n) is 2.71. The lowest BCUT2D eigenvalue weighted by Crippen LogP contribution is -2.39. The van der Waals surface area contributed by atoms with Crippen LogP contribution in [0, 0.1) is 23.7 Å². The van der Waals surface area contributed by atoms with Crippen LogP contribution < -0.4 is 0 Å². The lowest BCUT2D eigenvalue weighted by Gasteiger charge is -2.25. The zero-order valence-corrected chi connectivity index (χ0v) is 8.33. The number of nitrogens with zero attached hydrogens (tertiary/aromatic N) is 1. The number of rotatable bonds is 2. The number of carbonyl (C=O) groups is 2. The minimum atomic E-state index is -0.952. The van der Waals surface area contributed by atoms with Gasteiger partial charge >= 0.3 is 5.97 Å². The van der Waals surface area contributed by atoms with Crippen LogP contribution in [0.3, 0.4) is 0 Å². The van der Waals surface area contributed by atoms with E-state index in [1.807, 2.05) is 12.2 Å². The summed E-state index contributed by atoms with van der Waals surface area (Å²) in [6.07, 6.45) is 4.46. The van der Waals surface area contributed by atoms with Crippen LogP contribution in [0.1, 0.15) is 6.42 Å². The lowest BCUT2D eigenvalue weighted by atomic mass is 9.82. The van der Waals surface area contributed by atoms with E-state index in [0.29, 0.717) is 11.5 Å². The van der Waals surface area contributed by atoms with E-state index >= 15 is 0 Å². The first kappa shape index (κ1) is 10.2. The molecule has 2 bridgehead atoms. The molecule has 2 rings (SSSR count). The van der Waals surface area contributed by atoms with Crippen LogP contribution >= 0.6 is 0 Å². The third-order valence-corrected chi connectivity index (χ3v) is 3.35. The number of amides is 1. The number of fused-ring (bicyclic) bond motifs is 2. The Balaban J connectivity index is 2.27. The zero-order chi connectivity index (χ0) is 11.2. The van der Waals surface area contributed by atoms with Gasteiger partial charge in [0.2, 0.25) is 5.91 Å². The maximum atomic E-state index is 11.6. The molecule has 0 aromatic heterocycles. The molecular formula is C10H13NO4. The van der Waals surface area contributed by atoms with Crippen molar-refractivity contribution in [3.63, 3.8) is 0 Å². The van der Waals surface area contributed by atoms with E-state index in [-0.39, 0.29) is 11.8 Å². The monoisotopic (exact) mass is 211 g/mol. The van der Waals surface area contributed by atoms with Crippen LogP contribution in [0.15, 0.2) is 12.2 Å². The van der Waals surface area contributed by atoms with E-state index in [9.17, 15) is 9.59 Å². The number of allylic oxidation sites excluding steroid dienone is 2. The highest BCUT2D eigenvalue weighted by atomic mass is 16.5. The minimum absolute atomic E-state index is 0.0294. The minimum Gasteiger partial charge on any atom is -0.481 e. The standard InChI is InChI=1S/C10H13NO4/c1-11(15)9(12)7-5-2-3-6(4-5)8(7)10(13)14/h2-3,5-8,15H,4H2,1H3,(H,13,14). The molecule has 2 N–H and O–H groups in total. The van der Waals surface area contributed by atoms with Crippen molar-refractivity contribution < 1.29 is 19.9 Å². The summed E-state index contributed by atoms with van der Waals surface area (Å²) in [4.78, 5) is 22.7. The van der Waals surface area contributed by atoms with Gasteiger partial charge in [-0.25, -0.2) is 5.06 Å². The molecule has 2 aliphatic rings. The highest BCUT2D eigenvalue weighted by Gasteiger charge is 2.52. The summed E-state index contributed by atoms with van der Waals surface area (Å²) < 4.78 is 0. The van der Waals surface area contributed by atoms with Crippen molar-refractivity contribution in [1.82, 2.24) is 5.06 Å². The van der Waals surface area contributed by atoms with Gasteiger partial charge in [0, 0.05) is 7.05 Å². The quantitative estimate of drug-likeness (QED) is 0.392. The van der Waals surface area contributed by atoms with E-state index in [1.165, 1.54) is 7.05 Å². The van der Waals surface area contributed by atoms with Gasteiger partial charge < -0.3 is 5.11 Å². The van der Waals surface area contributed by atoms with E-state index in [2.05, 4.69) is 0 Å². The fourth-order valence-corrected chi connectivity index (χ4v) is 2.71. The van der Waals surface area contributed by atoms with Crippen LogP contribution in [-0.2, 0) is 9.59 Å². The normalized spacial score (nSPS) is 36.9. The highest BCUT2D eigenvalue weighted by Crippen LogP contribution is 2.48. The van der Waals surface area contributed by atoms with Crippen LogP contribution in [0.5, 0.6) is 0 Å². The molecule has 82 valence electrons. The molecule has 4 unspecified atom stereocenters. The molecule has 15 heavy (non-hydrogen) atoms. The average molecular weight is 211 g/mol. The molecule has 0 spiro atoms. The molecule has 2 aliphatic carbocycles. The molecule has 0 aromatic carbocycles. The summed E-state index contributed by atoms with van der Waals surface area (Å²) in [5, 5.41) is 18.6. The summed E-state index contributed by atoms with van der Waals surface area (Å²) in [6, 6.07) is 0. The predicted molar refractivity (Wildman–Crippen MR) is 49.9 cm³/mol. The molecular weight excluding hydrogens is 198 g/mol. The van der Waals surface area contributed by atoms with Crippen molar-refractivity contribution in [1.29, 1.82) is 0 Å². The van der Waals surface area contributed by atoms with Gasteiger partial charge in [0.1, 0.15) is 0 Å². The molecule has 0 radical (unpaired) electrons. The van der Waals surface area contributed by atoms with Crippen molar-refractivity contribution in [2.75, 3.05) is 7.05 Å². The molecule has 0 saturated heterocycles. The third kappa shape index (κ3) is 1.43. The van der Waals surface area contributed by atoms with Gasteiger partial charge in [-0.05, 0) is 18.3 Å². The van der Waals surface area contributed by atoms with E-state index in [0.717, 1.165) is 0 Å². The predicted octanol–water partition coefficient (Wildman–Crippen LogP) is 0.357. The van der Waals surface area contributed by atoms with Crippen molar-refractivity contribution in [3.05, 3.63) is 12.2 Å². The third-order valence-electron chi connectivity index (χ3n) is 3.35. The molecule has 1 saturated carbocycles. The second-order valence-corrected chi connectivity index (χ2v) is 4.20. The van der Waals surface area contributed by atoms with E-state index in [4.69, 9.17) is 10.3 Å². The number of hydroxylamine groups is 2. The molecule has 0 aromatic rings. The largest absolute Gasteiger partial charge is 0.481 e. The topological polar surface area (TPSA) is 77.8 Å². The Morgan fingerprint density at radius 3 is 2.27 bits per heavy atom. The van der Waals surface area contributed by atoms with E-state index in [1.54, 1.807) is 0 Å². The zero-order valence-electron chi connectivity index (χ0n) is 8.33. The number of carboxylic acid groups (broad SMARTS) is 1. The average Bonchev–Trinajstić information content (AvgIpc) is 2.74. The van der Waals surface area contributed by atoms with Gasteiger partial charge in [-0.1, -0.05) is 12.2 Å².